The predicted molar refractivity (Wildman–Crippen MR) is 45.2 cm³/mol. The Morgan fingerprint density at radius 2 is 1.71 bits per heavy atom. The molecule has 0 bridgehead atoms. The van der Waals surface area contributed by atoms with Crippen LogP contribution in [0.1, 0.15) is 5.56 Å². The van der Waals surface area contributed by atoms with E-state index >= 15 is 0 Å². The fourth-order valence-corrected chi connectivity index (χ4v) is 0.687. The largest absolute Gasteiger partial charge is 0.665 e. The molecule has 0 heterocycles. The van der Waals surface area contributed by atoms with Gasteiger partial charge in [-0.1, -0.05) is 43.3 Å². The van der Waals surface area contributed by atoms with Crippen molar-refractivity contribution in [2.45, 2.75) is 6.61 Å². The summed E-state index contributed by atoms with van der Waals surface area (Å²) in [6.45, 7) is 2.18. The summed E-state index contributed by atoms with van der Waals surface area (Å²) in [4.78, 5) is 17.9. The van der Waals surface area contributed by atoms with Crippen LogP contribution in [-0.2, 0) is 53.6 Å². The first kappa shape index (κ1) is 15.7. The van der Waals surface area contributed by atoms with Gasteiger partial charge in [0.25, 0.3) is 0 Å². The van der Waals surface area contributed by atoms with Gasteiger partial charge in [-0.05, 0) is 5.56 Å². The second-order valence-corrected chi connectivity index (χ2v) is 1.95. The standard InChI is InChI=1S/C8H7O2.CHO2.Y/c9-7-10-6-8-4-2-1-3-5-8;2-1-3;/h1-5H,6H2;(H,2,3);/q2*-1;. The number of benzene rings is 1. The Kier molecular flexibility index (Phi) is 13.8. The van der Waals surface area contributed by atoms with E-state index in [0.717, 1.165) is 5.56 Å². The molecule has 5 heteroatoms. The Morgan fingerprint density at radius 1 is 1.21 bits per heavy atom. The van der Waals surface area contributed by atoms with Gasteiger partial charge in [-0.15, -0.1) is 0 Å². The average Bonchev–Trinajstić information content (AvgIpc) is 2.18. The van der Waals surface area contributed by atoms with E-state index in [-0.39, 0.29) is 32.7 Å². The van der Waals surface area contributed by atoms with E-state index < -0.39 is 0 Å². The number of carbonyl (C=O) groups excluding carboxylic acids is 1. The topological polar surface area (TPSA) is 63.6 Å². The van der Waals surface area contributed by atoms with Crippen LogP contribution in [0, 0.1) is 0 Å². The van der Waals surface area contributed by atoms with Crippen LogP contribution in [0.3, 0.4) is 0 Å². The third-order valence-electron chi connectivity index (χ3n) is 1.14. The minimum atomic E-state index is 0. The molecule has 0 spiro atoms. The third kappa shape index (κ3) is 9.35. The molecule has 1 aromatic rings. The summed E-state index contributed by atoms with van der Waals surface area (Å²) < 4.78 is 4.41. The zero-order valence-electron chi connectivity index (χ0n) is 7.34. The van der Waals surface area contributed by atoms with Crippen LogP contribution < -0.4 is 0 Å². The van der Waals surface area contributed by atoms with Crippen LogP contribution in [-0.4, -0.2) is 18.1 Å². The van der Waals surface area contributed by atoms with E-state index in [2.05, 4.69) is 4.74 Å². The normalized spacial score (nSPS) is 7.14. The van der Waals surface area contributed by atoms with Crippen LogP contribution in [0.4, 0.5) is 0 Å². The number of ether oxygens (including phenoxy) is 1. The summed E-state index contributed by atoms with van der Waals surface area (Å²) in [7, 11) is 0. The van der Waals surface area contributed by atoms with Crippen LogP contribution >= 0.6 is 0 Å². The number of rotatable bonds is 3. The van der Waals surface area contributed by atoms with Gasteiger partial charge in [-0.3, -0.25) is 0 Å². The number of aliphatic hydroxyl groups excluding tert-OH is 1. The SMILES string of the molecule is O=[C-]O.O=[C-]OCc1ccccc1.[Y]. The van der Waals surface area contributed by atoms with Crippen molar-refractivity contribution in [2.24, 2.45) is 0 Å². The molecule has 0 aliphatic rings. The van der Waals surface area contributed by atoms with Gasteiger partial charge in [0.15, 0.2) is 0 Å². The molecule has 1 aromatic carbocycles. The van der Waals surface area contributed by atoms with Crippen LogP contribution in [0.5, 0.6) is 0 Å². The molecule has 4 nitrogen and oxygen atoms in total. The molecule has 0 saturated heterocycles. The van der Waals surface area contributed by atoms with E-state index in [9.17, 15) is 4.79 Å². The number of hydrogen-bond acceptors (Lipinski definition) is 3. The van der Waals surface area contributed by atoms with Gasteiger partial charge >= 0.3 is 0 Å². The summed E-state index contributed by atoms with van der Waals surface area (Å²) in [6.07, 6.45) is 0. The molecule has 0 unspecified atom stereocenters. The summed E-state index contributed by atoms with van der Waals surface area (Å²) in [6, 6.07) is 9.47. The fourth-order valence-electron chi connectivity index (χ4n) is 0.687. The molecule has 1 N–H and O–H groups in total. The van der Waals surface area contributed by atoms with E-state index in [1.807, 2.05) is 30.3 Å². The van der Waals surface area contributed by atoms with Gasteiger partial charge in [-0.25, -0.2) is 0 Å². The first-order chi connectivity index (χ1) is 6.35. The van der Waals surface area contributed by atoms with Crippen molar-refractivity contribution >= 4 is 12.9 Å². The fraction of sp³-hybridized carbons (Fsp3) is 0.111. The van der Waals surface area contributed by atoms with E-state index in [0.29, 0.717) is 13.1 Å². The Bertz CT molecular complexity index is 238. The molecule has 0 atom stereocenters. The smallest absolute Gasteiger partial charge is 0.0745 e. The molecule has 0 aromatic heterocycles. The first-order valence-corrected chi connectivity index (χ1v) is 3.39. The van der Waals surface area contributed by atoms with Crippen molar-refractivity contribution in [2.75, 3.05) is 0 Å². The van der Waals surface area contributed by atoms with Gasteiger partial charge in [0, 0.05) is 32.7 Å². The molecular weight excluding hydrogens is 261 g/mol. The summed E-state index contributed by atoms with van der Waals surface area (Å²) in [5.41, 5.74) is 0.978. The Hall–Kier alpha value is -0.736. The Morgan fingerprint density at radius 3 is 2.14 bits per heavy atom. The maximum absolute atomic E-state index is 9.63. The monoisotopic (exact) mass is 269 g/mol. The van der Waals surface area contributed by atoms with Crippen molar-refractivity contribution in [3.05, 3.63) is 35.9 Å². The maximum Gasteiger partial charge on any atom is 0.0745 e. The summed E-state index contributed by atoms with van der Waals surface area (Å²) in [5.74, 6) is 0. The van der Waals surface area contributed by atoms with E-state index in [1.165, 1.54) is 6.47 Å². The van der Waals surface area contributed by atoms with Crippen molar-refractivity contribution < 1.29 is 52.1 Å². The molecule has 1 rings (SSSR count). The summed E-state index contributed by atoms with van der Waals surface area (Å²) in [5, 5.41) is 6.76. The van der Waals surface area contributed by atoms with Crippen LogP contribution in [0.25, 0.3) is 0 Å². The van der Waals surface area contributed by atoms with Gasteiger partial charge in [0.05, 0.1) is 6.61 Å². The van der Waals surface area contributed by atoms with Gasteiger partial charge in [-0.2, -0.15) is 0 Å². The first-order valence-electron chi connectivity index (χ1n) is 3.39. The van der Waals surface area contributed by atoms with E-state index in [1.54, 1.807) is 0 Å². The number of hydrogen-bond donors (Lipinski definition) is 1. The average molecular weight is 269 g/mol. The van der Waals surface area contributed by atoms with E-state index in [4.69, 9.17) is 9.90 Å². The zero-order valence-corrected chi connectivity index (χ0v) is 10.2. The zero-order chi connectivity index (χ0) is 9.94. The maximum atomic E-state index is 9.63. The molecule has 14 heavy (non-hydrogen) atoms. The van der Waals surface area contributed by atoms with Gasteiger partial charge in [0.2, 0.25) is 0 Å². The molecular formula is C9H8O4Y-2. The van der Waals surface area contributed by atoms with Crippen molar-refractivity contribution in [1.82, 2.24) is 0 Å². The summed E-state index contributed by atoms with van der Waals surface area (Å²) >= 11 is 0. The molecule has 0 fully saturated rings. The second-order valence-electron chi connectivity index (χ2n) is 1.95. The second kappa shape index (κ2) is 12.3. The molecule has 73 valence electrons. The molecule has 0 amide bonds. The van der Waals surface area contributed by atoms with Crippen molar-refractivity contribution in [3.8, 4) is 0 Å². The van der Waals surface area contributed by atoms with Gasteiger partial charge < -0.3 is 19.4 Å². The predicted octanol–water partition coefficient (Wildman–Crippen LogP) is 0.880. The molecule has 0 saturated carbocycles. The van der Waals surface area contributed by atoms with Crippen LogP contribution in [0.2, 0.25) is 0 Å². The quantitative estimate of drug-likeness (QED) is 0.827. The molecule has 0 aliphatic heterocycles. The van der Waals surface area contributed by atoms with Crippen LogP contribution in [0.15, 0.2) is 30.3 Å². The van der Waals surface area contributed by atoms with Crippen molar-refractivity contribution in [3.63, 3.8) is 0 Å². The third-order valence-corrected chi connectivity index (χ3v) is 1.14. The van der Waals surface area contributed by atoms with Crippen molar-refractivity contribution in [1.29, 1.82) is 0 Å². The Balaban J connectivity index is 0. The minimum absolute atomic E-state index is 0. The Labute approximate surface area is 107 Å². The molecule has 0 aliphatic carbocycles. The minimum Gasteiger partial charge on any atom is -0.665 e. The van der Waals surface area contributed by atoms with Gasteiger partial charge in [0.1, 0.15) is 0 Å². The molecule has 1 radical (unpaired) electrons.